The van der Waals surface area contributed by atoms with Gasteiger partial charge in [-0.2, -0.15) is 18.3 Å². The van der Waals surface area contributed by atoms with Gasteiger partial charge < -0.3 is 10.4 Å². The molecule has 1 aromatic heterocycles. The molecule has 2 rings (SSSR count). The van der Waals surface area contributed by atoms with E-state index >= 15 is 0 Å². The Labute approximate surface area is 122 Å². The number of aromatic nitrogens is 2. The number of carboxylic acids is 1. The molecule has 1 amide bonds. The highest BCUT2D eigenvalue weighted by Gasteiger charge is 2.38. The lowest BCUT2D eigenvalue weighted by Gasteiger charge is -2.10. The Morgan fingerprint density at radius 3 is 2.55 bits per heavy atom. The minimum atomic E-state index is -4.96. The van der Waals surface area contributed by atoms with E-state index < -0.39 is 18.1 Å². The van der Waals surface area contributed by atoms with Gasteiger partial charge in [-0.15, -0.1) is 0 Å². The van der Waals surface area contributed by atoms with Crippen molar-refractivity contribution in [2.45, 2.75) is 12.7 Å². The number of halogens is 3. The van der Waals surface area contributed by atoms with E-state index in [2.05, 4.69) is 10.2 Å². The number of carbonyl (C=O) groups is 2. The highest BCUT2D eigenvalue weighted by Crippen LogP contribution is 2.23. The standard InChI is InChI=1S/C13H10F3N3O3/c14-13(15,16)12(22)17-6-7-3-1-2-4-8(7)9-5-10(11(20)21)19-18-9/h1-5H,6H2,(H,17,22)(H,18,19)(H,20,21). The maximum absolute atomic E-state index is 12.2. The first-order chi connectivity index (χ1) is 10.3. The predicted molar refractivity (Wildman–Crippen MR) is 68.9 cm³/mol. The zero-order valence-corrected chi connectivity index (χ0v) is 10.9. The van der Waals surface area contributed by atoms with Crippen molar-refractivity contribution in [1.29, 1.82) is 0 Å². The molecule has 1 aromatic carbocycles. The van der Waals surface area contributed by atoms with Crippen molar-refractivity contribution < 1.29 is 27.9 Å². The van der Waals surface area contributed by atoms with Crippen LogP contribution in [-0.4, -0.2) is 33.4 Å². The zero-order valence-electron chi connectivity index (χ0n) is 10.9. The van der Waals surface area contributed by atoms with Crippen LogP contribution in [0.2, 0.25) is 0 Å². The summed E-state index contributed by atoms with van der Waals surface area (Å²) in [5.74, 6) is -3.25. The first kappa shape index (κ1) is 15.5. The van der Waals surface area contributed by atoms with E-state index in [0.29, 0.717) is 11.1 Å². The molecule has 116 valence electrons. The Bertz CT molecular complexity index is 710. The monoisotopic (exact) mass is 313 g/mol. The van der Waals surface area contributed by atoms with Gasteiger partial charge in [0.1, 0.15) is 5.69 Å². The quantitative estimate of drug-likeness (QED) is 0.804. The summed E-state index contributed by atoms with van der Waals surface area (Å²) in [6, 6.07) is 7.55. The molecule has 0 saturated carbocycles. The smallest absolute Gasteiger partial charge is 0.471 e. The van der Waals surface area contributed by atoms with E-state index in [4.69, 9.17) is 5.11 Å². The highest BCUT2D eigenvalue weighted by atomic mass is 19.4. The Morgan fingerprint density at radius 1 is 1.27 bits per heavy atom. The normalized spacial score (nSPS) is 11.2. The van der Waals surface area contributed by atoms with Crippen LogP contribution in [0.3, 0.4) is 0 Å². The number of aromatic amines is 1. The number of carbonyl (C=O) groups excluding carboxylic acids is 1. The number of nitrogens with one attached hydrogen (secondary N) is 2. The molecule has 0 radical (unpaired) electrons. The topological polar surface area (TPSA) is 95.1 Å². The molecular weight excluding hydrogens is 303 g/mol. The largest absolute Gasteiger partial charge is 0.477 e. The molecule has 0 aliphatic carbocycles. The first-order valence-electron chi connectivity index (χ1n) is 6.01. The van der Waals surface area contributed by atoms with Gasteiger partial charge in [0.25, 0.3) is 0 Å². The summed E-state index contributed by atoms with van der Waals surface area (Å²) >= 11 is 0. The number of carboxylic acid groups (broad SMARTS) is 1. The third-order valence-corrected chi connectivity index (χ3v) is 2.80. The second-order valence-corrected chi connectivity index (χ2v) is 4.31. The van der Waals surface area contributed by atoms with Gasteiger partial charge in [0, 0.05) is 12.1 Å². The van der Waals surface area contributed by atoms with Crippen LogP contribution < -0.4 is 5.32 Å². The van der Waals surface area contributed by atoms with Crippen LogP contribution in [0.4, 0.5) is 13.2 Å². The van der Waals surface area contributed by atoms with Gasteiger partial charge in [-0.25, -0.2) is 4.79 Å². The fourth-order valence-electron chi connectivity index (χ4n) is 1.77. The fourth-order valence-corrected chi connectivity index (χ4v) is 1.77. The molecule has 1 heterocycles. The van der Waals surface area contributed by atoms with Crippen LogP contribution in [0.1, 0.15) is 16.1 Å². The van der Waals surface area contributed by atoms with Crippen molar-refractivity contribution in [3.05, 3.63) is 41.6 Å². The average Bonchev–Trinajstić information content (AvgIpc) is 2.93. The lowest BCUT2D eigenvalue weighted by Crippen LogP contribution is -2.36. The Kier molecular flexibility index (Phi) is 4.15. The molecular formula is C13H10F3N3O3. The van der Waals surface area contributed by atoms with Crippen LogP contribution in [-0.2, 0) is 11.3 Å². The number of rotatable bonds is 4. The van der Waals surface area contributed by atoms with E-state index in [1.807, 2.05) is 0 Å². The molecule has 0 spiro atoms. The molecule has 0 unspecified atom stereocenters. The number of alkyl halides is 3. The molecule has 2 aromatic rings. The molecule has 6 nitrogen and oxygen atoms in total. The number of hydrogen-bond donors (Lipinski definition) is 3. The van der Waals surface area contributed by atoms with Gasteiger partial charge in [-0.3, -0.25) is 9.89 Å². The van der Waals surface area contributed by atoms with E-state index in [-0.39, 0.29) is 17.9 Å². The number of amides is 1. The van der Waals surface area contributed by atoms with Gasteiger partial charge in [-0.1, -0.05) is 24.3 Å². The Morgan fingerprint density at radius 2 is 1.95 bits per heavy atom. The summed E-state index contributed by atoms with van der Waals surface area (Å²) in [5, 5.41) is 16.7. The second kappa shape index (κ2) is 5.88. The van der Waals surface area contributed by atoms with Crippen LogP contribution in [0.15, 0.2) is 30.3 Å². The van der Waals surface area contributed by atoms with Crippen molar-refractivity contribution in [3.63, 3.8) is 0 Å². The summed E-state index contributed by atoms with van der Waals surface area (Å²) in [7, 11) is 0. The number of benzene rings is 1. The molecule has 0 atom stereocenters. The molecule has 0 aliphatic rings. The number of aromatic carboxylic acids is 1. The lowest BCUT2D eigenvalue weighted by atomic mass is 10.0. The van der Waals surface area contributed by atoms with Crippen molar-refractivity contribution in [1.82, 2.24) is 15.5 Å². The second-order valence-electron chi connectivity index (χ2n) is 4.31. The molecule has 0 bridgehead atoms. The van der Waals surface area contributed by atoms with Crippen LogP contribution in [0.5, 0.6) is 0 Å². The van der Waals surface area contributed by atoms with E-state index in [1.165, 1.54) is 12.1 Å². The summed E-state index contributed by atoms with van der Waals surface area (Å²) in [5.41, 5.74) is 0.913. The minimum Gasteiger partial charge on any atom is -0.477 e. The molecule has 9 heteroatoms. The van der Waals surface area contributed by atoms with Gasteiger partial charge in [-0.05, 0) is 11.6 Å². The van der Waals surface area contributed by atoms with E-state index in [1.54, 1.807) is 23.5 Å². The first-order valence-corrected chi connectivity index (χ1v) is 6.01. The van der Waals surface area contributed by atoms with Crippen LogP contribution >= 0.6 is 0 Å². The molecule has 0 saturated heterocycles. The predicted octanol–water partition coefficient (Wildman–Crippen LogP) is 1.95. The van der Waals surface area contributed by atoms with Crippen molar-refractivity contribution in [2.24, 2.45) is 0 Å². The molecule has 0 fully saturated rings. The summed E-state index contributed by atoms with van der Waals surface area (Å²) < 4.78 is 36.5. The Balaban J connectivity index is 2.23. The van der Waals surface area contributed by atoms with Crippen molar-refractivity contribution in [3.8, 4) is 11.3 Å². The molecule has 0 aliphatic heterocycles. The SMILES string of the molecule is O=C(O)c1cc(-c2ccccc2CNC(=O)C(F)(F)F)n[nH]1. The number of nitrogens with zero attached hydrogens (tertiary/aromatic N) is 1. The fraction of sp³-hybridized carbons (Fsp3) is 0.154. The van der Waals surface area contributed by atoms with Gasteiger partial charge in [0.15, 0.2) is 0 Å². The number of H-pyrrole nitrogens is 1. The maximum atomic E-state index is 12.2. The van der Waals surface area contributed by atoms with Gasteiger partial charge >= 0.3 is 18.1 Å². The summed E-state index contributed by atoms with van der Waals surface area (Å²) in [4.78, 5) is 21.6. The van der Waals surface area contributed by atoms with Crippen LogP contribution in [0, 0.1) is 0 Å². The Hall–Kier alpha value is -2.84. The third-order valence-electron chi connectivity index (χ3n) is 2.80. The molecule has 3 N–H and O–H groups in total. The van der Waals surface area contributed by atoms with Gasteiger partial charge in [0.05, 0.1) is 5.69 Å². The van der Waals surface area contributed by atoms with Crippen molar-refractivity contribution in [2.75, 3.05) is 0 Å². The summed E-state index contributed by atoms with van der Waals surface area (Å²) in [6.45, 7) is -0.357. The average molecular weight is 313 g/mol. The van der Waals surface area contributed by atoms with Gasteiger partial charge in [0.2, 0.25) is 0 Å². The zero-order chi connectivity index (χ0) is 16.3. The van der Waals surface area contributed by atoms with Crippen LogP contribution in [0.25, 0.3) is 11.3 Å². The minimum absolute atomic E-state index is 0.149. The third kappa shape index (κ3) is 3.43. The van der Waals surface area contributed by atoms with Crippen molar-refractivity contribution >= 4 is 11.9 Å². The summed E-state index contributed by atoms with van der Waals surface area (Å²) in [6.07, 6.45) is -4.96. The maximum Gasteiger partial charge on any atom is 0.471 e. The van der Waals surface area contributed by atoms with E-state index in [0.717, 1.165) is 0 Å². The van der Waals surface area contributed by atoms with E-state index in [9.17, 15) is 22.8 Å². The lowest BCUT2D eigenvalue weighted by molar-refractivity contribution is -0.173. The number of hydrogen-bond acceptors (Lipinski definition) is 3. The highest BCUT2D eigenvalue weighted by molar-refractivity contribution is 5.87. The molecule has 22 heavy (non-hydrogen) atoms.